The van der Waals surface area contributed by atoms with E-state index in [1.54, 1.807) is 0 Å². The third-order valence-corrected chi connectivity index (χ3v) is 7.48. The molecule has 4 aliphatic rings. The Kier molecular flexibility index (Phi) is 7.93. The van der Waals surface area contributed by atoms with Crippen molar-refractivity contribution in [3.63, 3.8) is 0 Å². The minimum atomic E-state index is 0. The van der Waals surface area contributed by atoms with E-state index in [4.69, 9.17) is 14.5 Å². The Labute approximate surface area is 188 Å². The molecule has 0 spiro atoms. The number of nitrogens with zero attached hydrogens (tertiary/aromatic N) is 2. The largest absolute Gasteiger partial charge is 0.378 e. The van der Waals surface area contributed by atoms with Crippen LogP contribution in [0.15, 0.2) is 4.99 Å². The lowest BCUT2D eigenvalue weighted by Gasteiger charge is -2.55. The van der Waals surface area contributed by atoms with Crippen molar-refractivity contribution in [3.05, 3.63) is 0 Å². The average molecular weight is 505 g/mol. The summed E-state index contributed by atoms with van der Waals surface area (Å²) in [6.45, 7) is 11.6. The SMILES string of the molecule is CCN=C(NC1C2CCOC2C1(C)C)N1CCC(OCC2CCCC2)CC1.I. The van der Waals surface area contributed by atoms with E-state index in [2.05, 4.69) is 31.0 Å². The van der Waals surface area contributed by atoms with Crippen molar-refractivity contribution in [1.29, 1.82) is 0 Å². The van der Waals surface area contributed by atoms with Gasteiger partial charge in [0.2, 0.25) is 0 Å². The smallest absolute Gasteiger partial charge is 0.194 e. The number of rotatable bonds is 5. The Morgan fingerprint density at radius 2 is 1.86 bits per heavy atom. The molecule has 6 heteroatoms. The van der Waals surface area contributed by atoms with Crippen LogP contribution in [0.2, 0.25) is 0 Å². The third kappa shape index (κ3) is 4.64. The van der Waals surface area contributed by atoms with Gasteiger partial charge < -0.3 is 19.7 Å². The summed E-state index contributed by atoms with van der Waals surface area (Å²) in [4.78, 5) is 7.29. The maximum Gasteiger partial charge on any atom is 0.194 e. The number of hydrogen-bond acceptors (Lipinski definition) is 3. The highest BCUT2D eigenvalue weighted by Gasteiger charge is 2.59. The quantitative estimate of drug-likeness (QED) is 0.348. The summed E-state index contributed by atoms with van der Waals surface area (Å²) in [7, 11) is 0. The number of nitrogens with one attached hydrogen (secondary N) is 1. The minimum absolute atomic E-state index is 0. The second-order valence-electron chi connectivity index (χ2n) is 9.66. The molecule has 28 heavy (non-hydrogen) atoms. The van der Waals surface area contributed by atoms with Gasteiger partial charge in [0, 0.05) is 50.2 Å². The van der Waals surface area contributed by atoms with Crippen LogP contribution in [0.25, 0.3) is 0 Å². The van der Waals surface area contributed by atoms with Crippen molar-refractivity contribution in [2.75, 3.05) is 32.8 Å². The van der Waals surface area contributed by atoms with Gasteiger partial charge in [0.05, 0.1) is 12.2 Å². The topological polar surface area (TPSA) is 46.1 Å². The molecular formula is C22H40IN3O2. The van der Waals surface area contributed by atoms with Crippen LogP contribution in [0.5, 0.6) is 0 Å². The van der Waals surface area contributed by atoms with Crippen LogP contribution in [0, 0.1) is 17.3 Å². The summed E-state index contributed by atoms with van der Waals surface area (Å²) >= 11 is 0. The molecule has 2 aliphatic heterocycles. The third-order valence-electron chi connectivity index (χ3n) is 7.48. The number of fused-ring (bicyclic) bond motifs is 1. The fourth-order valence-electron chi connectivity index (χ4n) is 5.83. The highest BCUT2D eigenvalue weighted by molar-refractivity contribution is 14.0. The van der Waals surface area contributed by atoms with E-state index in [0.29, 0.717) is 24.2 Å². The molecule has 2 aliphatic carbocycles. The number of guanidine groups is 1. The van der Waals surface area contributed by atoms with E-state index < -0.39 is 0 Å². The monoisotopic (exact) mass is 505 g/mol. The van der Waals surface area contributed by atoms with Crippen LogP contribution >= 0.6 is 24.0 Å². The fraction of sp³-hybridized carbons (Fsp3) is 0.955. The van der Waals surface area contributed by atoms with Crippen molar-refractivity contribution in [3.8, 4) is 0 Å². The number of piperidine rings is 1. The summed E-state index contributed by atoms with van der Waals surface area (Å²) in [5, 5.41) is 3.83. The van der Waals surface area contributed by atoms with Crippen molar-refractivity contribution < 1.29 is 9.47 Å². The second-order valence-corrected chi connectivity index (χ2v) is 9.66. The molecule has 1 N–H and O–H groups in total. The van der Waals surface area contributed by atoms with E-state index in [0.717, 1.165) is 57.6 Å². The van der Waals surface area contributed by atoms with Gasteiger partial charge >= 0.3 is 0 Å². The van der Waals surface area contributed by atoms with Gasteiger partial charge in [0.25, 0.3) is 0 Å². The van der Waals surface area contributed by atoms with Crippen molar-refractivity contribution >= 4 is 29.9 Å². The van der Waals surface area contributed by atoms with Crippen molar-refractivity contribution in [1.82, 2.24) is 10.2 Å². The van der Waals surface area contributed by atoms with Gasteiger partial charge in [0.15, 0.2) is 5.96 Å². The number of ether oxygens (including phenoxy) is 2. The Morgan fingerprint density at radius 3 is 2.54 bits per heavy atom. The summed E-state index contributed by atoms with van der Waals surface area (Å²) in [6.07, 6.45) is 9.85. The first-order valence-electron chi connectivity index (χ1n) is 11.4. The first kappa shape index (κ1) is 22.6. The first-order chi connectivity index (χ1) is 13.1. The van der Waals surface area contributed by atoms with Crippen LogP contribution in [-0.2, 0) is 9.47 Å². The van der Waals surface area contributed by atoms with E-state index in [1.165, 1.54) is 32.1 Å². The molecule has 4 rings (SSSR count). The summed E-state index contributed by atoms with van der Waals surface area (Å²) in [5.74, 6) is 2.58. The van der Waals surface area contributed by atoms with Gasteiger partial charge in [0.1, 0.15) is 0 Å². The zero-order valence-electron chi connectivity index (χ0n) is 18.0. The first-order valence-corrected chi connectivity index (χ1v) is 11.4. The van der Waals surface area contributed by atoms with E-state index in [9.17, 15) is 0 Å². The highest BCUT2D eigenvalue weighted by Crippen LogP contribution is 2.52. The number of hydrogen-bond donors (Lipinski definition) is 1. The average Bonchev–Trinajstić information content (AvgIpc) is 3.34. The zero-order valence-corrected chi connectivity index (χ0v) is 20.3. The molecule has 2 saturated heterocycles. The van der Waals surface area contributed by atoms with Crippen LogP contribution in [0.1, 0.15) is 65.7 Å². The van der Waals surface area contributed by atoms with Crippen LogP contribution in [0.3, 0.4) is 0 Å². The van der Waals surface area contributed by atoms with Gasteiger partial charge in [-0.15, -0.1) is 24.0 Å². The summed E-state index contributed by atoms with van der Waals surface area (Å²) < 4.78 is 12.2. The molecule has 3 atom stereocenters. The lowest BCUT2D eigenvalue weighted by atomic mass is 9.57. The predicted octanol–water partition coefficient (Wildman–Crippen LogP) is 4.05. The molecule has 2 heterocycles. The fourth-order valence-corrected chi connectivity index (χ4v) is 5.83. The number of halogens is 1. The van der Waals surface area contributed by atoms with Crippen LogP contribution in [0.4, 0.5) is 0 Å². The Morgan fingerprint density at radius 1 is 1.14 bits per heavy atom. The van der Waals surface area contributed by atoms with E-state index in [-0.39, 0.29) is 29.4 Å². The molecule has 0 aromatic rings. The predicted molar refractivity (Wildman–Crippen MR) is 124 cm³/mol. The zero-order chi connectivity index (χ0) is 18.9. The molecule has 3 unspecified atom stereocenters. The van der Waals surface area contributed by atoms with Crippen LogP contribution < -0.4 is 5.32 Å². The summed E-state index contributed by atoms with van der Waals surface area (Å²) in [5.41, 5.74) is 0.193. The van der Waals surface area contributed by atoms with Gasteiger partial charge in [-0.1, -0.05) is 26.7 Å². The summed E-state index contributed by atoms with van der Waals surface area (Å²) in [6, 6.07) is 0.478. The second kappa shape index (κ2) is 9.82. The number of likely N-dealkylation sites (tertiary alicyclic amines) is 1. The number of aliphatic imine (C=N–C) groups is 1. The van der Waals surface area contributed by atoms with Gasteiger partial charge in [-0.25, -0.2) is 0 Å². The highest BCUT2D eigenvalue weighted by atomic mass is 127. The molecule has 0 aromatic carbocycles. The molecule has 0 radical (unpaired) electrons. The maximum absolute atomic E-state index is 6.25. The molecule has 162 valence electrons. The van der Waals surface area contributed by atoms with Crippen LogP contribution in [-0.4, -0.2) is 62.0 Å². The van der Waals surface area contributed by atoms with Crippen molar-refractivity contribution in [2.24, 2.45) is 22.2 Å². The maximum atomic E-state index is 6.25. The Hall–Kier alpha value is -0.0800. The van der Waals surface area contributed by atoms with Gasteiger partial charge in [-0.3, -0.25) is 4.99 Å². The van der Waals surface area contributed by atoms with E-state index >= 15 is 0 Å². The molecule has 4 fully saturated rings. The normalized spacial score (nSPS) is 33.3. The lowest BCUT2D eigenvalue weighted by Crippen LogP contribution is -2.68. The van der Waals surface area contributed by atoms with E-state index in [1.807, 2.05) is 0 Å². The molecule has 5 nitrogen and oxygen atoms in total. The Balaban J connectivity index is 0.00000225. The molecule has 0 aromatic heterocycles. The lowest BCUT2D eigenvalue weighted by molar-refractivity contribution is -0.107. The standard InChI is InChI=1S/C22H39N3O2.HI/c1-4-23-21(24-19-18-11-14-26-20(18)22(19,2)3)25-12-9-17(10-13-25)27-15-16-7-5-6-8-16;/h16-20H,4-15H2,1-3H3,(H,23,24);1H. The van der Waals surface area contributed by atoms with Crippen molar-refractivity contribution in [2.45, 2.75) is 84.0 Å². The molecule has 2 saturated carbocycles. The minimum Gasteiger partial charge on any atom is -0.378 e. The van der Waals surface area contributed by atoms with Gasteiger partial charge in [-0.2, -0.15) is 0 Å². The molecular weight excluding hydrogens is 465 g/mol. The van der Waals surface area contributed by atoms with Gasteiger partial charge in [-0.05, 0) is 44.9 Å². The molecule has 0 bridgehead atoms. The molecule has 0 amide bonds. The Bertz CT molecular complexity index is 528.